The second-order valence-corrected chi connectivity index (χ2v) is 8.60. The Bertz CT molecular complexity index is 1050. The first-order valence-corrected chi connectivity index (χ1v) is 11.5. The molecule has 0 saturated carbocycles. The summed E-state index contributed by atoms with van der Waals surface area (Å²) in [5.41, 5.74) is 4.92. The van der Waals surface area contributed by atoms with Crippen molar-refractivity contribution in [2.24, 2.45) is 0 Å². The van der Waals surface area contributed by atoms with Crippen LogP contribution in [0.25, 0.3) is 0 Å². The van der Waals surface area contributed by atoms with Gasteiger partial charge in [0.1, 0.15) is 17.7 Å². The summed E-state index contributed by atoms with van der Waals surface area (Å²) in [4.78, 5) is 39.4. The van der Waals surface area contributed by atoms with Crippen molar-refractivity contribution in [1.82, 2.24) is 10.4 Å². The number of anilines is 2. The molecule has 1 atom stereocenters. The number of ether oxygens (including phenoxy) is 1. The molecule has 2 amide bonds. The van der Waals surface area contributed by atoms with Gasteiger partial charge in [-0.05, 0) is 37.1 Å². The van der Waals surface area contributed by atoms with Crippen molar-refractivity contribution < 1.29 is 23.5 Å². The van der Waals surface area contributed by atoms with Crippen molar-refractivity contribution in [2.75, 3.05) is 42.5 Å². The number of benzene rings is 2. The van der Waals surface area contributed by atoms with Gasteiger partial charge < -0.3 is 14.4 Å². The van der Waals surface area contributed by atoms with E-state index in [1.807, 2.05) is 35.2 Å². The van der Waals surface area contributed by atoms with Gasteiger partial charge in [0, 0.05) is 26.1 Å². The minimum absolute atomic E-state index is 0.0317. The third-order valence-corrected chi connectivity index (χ3v) is 6.05. The first kappa shape index (κ1) is 23.7. The zero-order valence-corrected chi connectivity index (χ0v) is 19.2. The number of nitrogens with zero attached hydrogens (tertiary/aromatic N) is 3. The maximum atomic E-state index is 15.1. The molecule has 2 heterocycles. The summed E-state index contributed by atoms with van der Waals surface area (Å²) >= 11 is 0. The molecule has 0 aliphatic carbocycles. The van der Waals surface area contributed by atoms with Gasteiger partial charge in [0.15, 0.2) is 0 Å². The normalized spacial score (nSPS) is 18.6. The number of hydrazine groups is 1. The first-order chi connectivity index (χ1) is 16.4. The molecule has 0 bridgehead atoms. The van der Waals surface area contributed by atoms with Gasteiger partial charge >= 0.3 is 6.09 Å². The summed E-state index contributed by atoms with van der Waals surface area (Å²) in [5.74, 6) is -0.436. The Morgan fingerprint density at radius 1 is 1.12 bits per heavy atom. The lowest BCUT2D eigenvalue weighted by Crippen LogP contribution is -2.44. The molecule has 4 rings (SSSR count). The Morgan fingerprint density at radius 3 is 2.65 bits per heavy atom. The second-order valence-electron chi connectivity index (χ2n) is 8.60. The minimum atomic E-state index is -0.535. The van der Waals surface area contributed by atoms with Crippen molar-refractivity contribution in [3.63, 3.8) is 0 Å². The molecule has 2 aromatic carbocycles. The van der Waals surface area contributed by atoms with E-state index in [1.54, 1.807) is 17.1 Å². The molecule has 9 heteroatoms. The largest absolute Gasteiger partial charge is 0.444 e. The molecule has 180 valence electrons. The number of rotatable bonds is 7. The van der Waals surface area contributed by atoms with Crippen molar-refractivity contribution >= 4 is 29.2 Å². The number of hydrogen-bond donors (Lipinski definition) is 1. The van der Waals surface area contributed by atoms with Gasteiger partial charge in [-0.1, -0.05) is 30.3 Å². The van der Waals surface area contributed by atoms with Crippen LogP contribution >= 0.6 is 0 Å². The van der Waals surface area contributed by atoms with E-state index in [0.717, 1.165) is 5.56 Å². The van der Waals surface area contributed by atoms with Crippen molar-refractivity contribution in [1.29, 1.82) is 0 Å². The highest BCUT2D eigenvalue weighted by molar-refractivity contribution is 5.90. The van der Waals surface area contributed by atoms with Gasteiger partial charge in [0.25, 0.3) is 0 Å². The number of nitrogens with one attached hydrogen (secondary N) is 1. The first-order valence-electron chi connectivity index (χ1n) is 11.5. The summed E-state index contributed by atoms with van der Waals surface area (Å²) < 4.78 is 20.4. The zero-order valence-electron chi connectivity index (χ0n) is 19.2. The van der Waals surface area contributed by atoms with Gasteiger partial charge in [0.05, 0.1) is 30.9 Å². The fourth-order valence-corrected chi connectivity index (χ4v) is 4.22. The predicted molar refractivity (Wildman–Crippen MR) is 126 cm³/mol. The quantitative estimate of drug-likeness (QED) is 0.673. The van der Waals surface area contributed by atoms with Gasteiger partial charge in [0.2, 0.25) is 5.91 Å². The Labute approximate surface area is 198 Å². The molecule has 2 aliphatic heterocycles. The number of hydrogen-bond acceptors (Lipinski definition) is 6. The van der Waals surface area contributed by atoms with E-state index in [1.165, 1.54) is 17.9 Å². The lowest BCUT2D eigenvalue weighted by molar-refractivity contribution is -0.133. The van der Waals surface area contributed by atoms with E-state index in [4.69, 9.17) is 4.74 Å². The fourth-order valence-electron chi connectivity index (χ4n) is 4.22. The van der Waals surface area contributed by atoms with E-state index in [0.29, 0.717) is 56.8 Å². The molecule has 0 spiro atoms. The van der Waals surface area contributed by atoms with E-state index in [9.17, 15) is 14.4 Å². The third-order valence-electron chi connectivity index (χ3n) is 6.05. The Morgan fingerprint density at radius 2 is 1.91 bits per heavy atom. The second kappa shape index (κ2) is 10.6. The lowest BCUT2D eigenvalue weighted by Gasteiger charge is -2.24. The maximum absolute atomic E-state index is 15.1. The molecule has 2 aliphatic rings. The molecule has 2 aromatic rings. The van der Waals surface area contributed by atoms with E-state index in [-0.39, 0.29) is 24.3 Å². The number of carbonyl (C=O) groups excluding carboxylic acids is 3. The standard InChI is InChI=1S/C25H29FN4O4/c1-18(31)7-9-21-17-29(25(33)34-21)20-8-10-23(22(26)16-20)28-12-11-27-30(14-13-28)24(32)15-19-5-3-2-4-6-19/h2-6,8,10,16,21,27H,7,9,11-15,17H2,1H3/t21-/m0/s1. The van der Waals surface area contributed by atoms with Gasteiger partial charge in [-0.15, -0.1) is 0 Å². The lowest BCUT2D eigenvalue weighted by atomic mass is 10.1. The van der Waals surface area contributed by atoms with Crippen LogP contribution in [-0.2, 0) is 20.7 Å². The summed E-state index contributed by atoms with van der Waals surface area (Å²) in [6.07, 6.45) is 0.184. The molecular formula is C25H29FN4O4. The predicted octanol–water partition coefficient (Wildman–Crippen LogP) is 2.92. The highest BCUT2D eigenvalue weighted by atomic mass is 19.1. The van der Waals surface area contributed by atoms with Gasteiger partial charge in [-0.2, -0.15) is 0 Å². The topological polar surface area (TPSA) is 82.2 Å². The van der Waals surface area contributed by atoms with E-state index in [2.05, 4.69) is 5.43 Å². The Balaban J connectivity index is 1.37. The van der Waals surface area contributed by atoms with Crippen LogP contribution in [0.15, 0.2) is 48.5 Å². The number of halogens is 1. The van der Waals surface area contributed by atoms with Crippen molar-refractivity contribution in [3.05, 3.63) is 59.9 Å². The van der Waals surface area contributed by atoms with Crippen LogP contribution in [0.5, 0.6) is 0 Å². The highest BCUT2D eigenvalue weighted by Gasteiger charge is 2.33. The summed E-state index contributed by atoms with van der Waals surface area (Å²) in [6, 6.07) is 14.2. The average Bonchev–Trinajstić information content (AvgIpc) is 3.02. The minimum Gasteiger partial charge on any atom is -0.444 e. The van der Waals surface area contributed by atoms with Crippen LogP contribution < -0.4 is 15.2 Å². The van der Waals surface area contributed by atoms with Gasteiger partial charge in [-0.25, -0.2) is 14.6 Å². The van der Waals surface area contributed by atoms with Crippen LogP contribution in [0, 0.1) is 5.82 Å². The van der Waals surface area contributed by atoms with Crippen LogP contribution in [0.1, 0.15) is 25.3 Å². The monoisotopic (exact) mass is 468 g/mol. The molecule has 8 nitrogen and oxygen atoms in total. The van der Waals surface area contributed by atoms with Gasteiger partial charge in [-0.3, -0.25) is 14.7 Å². The van der Waals surface area contributed by atoms with Crippen molar-refractivity contribution in [2.45, 2.75) is 32.3 Å². The molecule has 34 heavy (non-hydrogen) atoms. The summed E-state index contributed by atoms with van der Waals surface area (Å²) in [7, 11) is 0. The number of Topliss-reactive ketones (excluding diaryl/α,β-unsaturated/α-hetero) is 1. The van der Waals surface area contributed by atoms with Crippen LogP contribution in [0.3, 0.4) is 0 Å². The summed E-state index contributed by atoms with van der Waals surface area (Å²) in [6.45, 7) is 3.71. The fraction of sp³-hybridized carbons (Fsp3) is 0.400. The SMILES string of the molecule is CC(=O)CC[C@H]1CN(c2ccc(N3CCNN(C(=O)Cc4ccccc4)CC3)c(F)c2)C(=O)O1. The number of carbonyl (C=O) groups is 3. The highest BCUT2D eigenvalue weighted by Crippen LogP contribution is 2.29. The molecule has 0 radical (unpaired) electrons. The molecule has 0 aromatic heterocycles. The Kier molecular flexibility index (Phi) is 7.42. The third kappa shape index (κ3) is 5.72. The Hall–Kier alpha value is -3.46. The average molecular weight is 469 g/mol. The molecular weight excluding hydrogens is 439 g/mol. The summed E-state index contributed by atoms with van der Waals surface area (Å²) in [5, 5.41) is 1.60. The van der Waals surface area contributed by atoms with Crippen molar-refractivity contribution in [3.8, 4) is 0 Å². The van der Waals surface area contributed by atoms with Crippen LogP contribution in [0.2, 0.25) is 0 Å². The smallest absolute Gasteiger partial charge is 0.414 e. The molecule has 2 fully saturated rings. The van der Waals surface area contributed by atoms with E-state index >= 15 is 4.39 Å². The number of ketones is 1. The molecule has 2 saturated heterocycles. The van der Waals surface area contributed by atoms with Crippen LogP contribution in [-0.4, -0.2) is 61.6 Å². The maximum Gasteiger partial charge on any atom is 0.414 e. The zero-order chi connectivity index (χ0) is 24.1. The van der Waals surface area contributed by atoms with Crippen LogP contribution in [0.4, 0.5) is 20.6 Å². The molecule has 1 N–H and O–H groups in total. The molecule has 0 unspecified atom stereocenters. The number of amides is 2. The van der Waals surface area contributed by atoms with E-state index < -0.39 is 11.9 Å². The number of cyclic esters (lactones) is 1.